The molecule has 3 aromatic rings. The van der Waals surface area contributed by atoms with Gasteiger partial charge in [-0.25, -0.2) is 4.98 Å². The Kier molecular flexibility index (Phi) is 4.69. The first kappa shape index (κ1) is 15.9. The molecule has 118 valence electrons. The fraction of sp³-hybridized carbons (Fsp3) is 0.105. The fourth-order valence-electron chi connectivity index (χ4n) is 2.23. The van der Waals surface area contributed by atoms with Gasteiger partial charge in [-0.1, -0.05) is 42.0 Å². The van der Waals surface area contributed by atoms with Crippen molar-refractivity contribution in [2.75, 3.05) is 5.32 Å². The van der Waals surface area contributed by atoms with E-state index in [1.165, 1.54) is 16.9 Å². The van der Waals surface area contributed by atoms with Gasteiger partial charge in [0, 0.05) is 10.9 Å². The minimum absolute atomic E-state index is 0.0837. The van der Waals surface area contributed by atoms with Gasteiger partial charge in [0.05, 0.1) is 23.7 Å². The minimum atomic E-state index is -0.0837. The van der Waals surface area contributed by atoms with Crippen LogP contribution in [0.4, 0.5) is 5.13 Å². The molecule has 3 rings (SSSR count). The van der Waals surface area contributed by atoms with Crippen molar-refractivity contribution in [1.29, 1.82) is 5.26 Å². The van der Waals surface area contributed by atoms with Crippen molar-refractivity contribution in [3.63, 3.8) is 0 Å². The van der Waals surface area contributed by atoms with Gasteiger partial charge in [0.2, 0.25) is 5.91 Å². The lowest BCUT2D eigenvalue weighted by molar-refractivity contribution is -0.115. The predicted molar refractivity (Wildman–Crippen MR) is 95.8 cm³/mol. The van der Waals surface area contributed by atoms with Gasteiger partial charge in [-0.05, 0) is 24.6 Å². The lowest BCUT2D eigenvalue weighted by Gasteiger charge is -2.02. The molecule has 0 radical (unpaired) electrons. The zero-order valence-corrected chi connectivity index (χ0v) is 13.9. The van der Waals surface area contributed by atoms with Crippen molar-refractivity contribution in [3.8, 4) is 17.3 Å². The summed E-state index contributed by atoms with van der Waals surface area (Å²) in [6.07, 6.45) is 0.325. The highest BCUT2D eigenvalue weighted by Gasteiger charge is 2.09. The average molecular weight is 333 g/mol. The summed E-state index contributed by atoms with van der Waals surface area (Å²) in [5.74, 6) is -0.0837. The molecule has 1 amide bonds. The third kappa shape index (κ3) is 3.86. The van der Waals surface area contributed by atoms with Crippen molar-refractivity contribution < 1.29 is 4.79 Å². The zero-order chi connectivity index (χ0) is 16.9. The van der Waals surface area contributed by atoms with Crippen LogP contribution < -0.4 is 5.32 Å². The number of aromatic nitrogens is 1. The van der Waals surface area contributed by atoms with Gasteiger partial charge in [0.15, 0.2) is 5.13 Å². The van der Waals surface area contributed by atoms with Crippen LogP contribution >= 0.6 is 11.3 Å². The summed E-state index contributed by atoms with van der Waals surface area (Å²) in [6, 6.07) is 17.2. The van der Waals surface area contributed by atoms with E-state index in [0.717, 1.165) is 16.8 Å². The van der Waals surface area contributed by atoms with Crippen molar-refractivity contribution in [2.45, 2.75) is 13.3 Å². The number of thiazole rings is 1. The molecule has 4 nitrogen and oxygen atoms in total. The molecule has 0 fully saturated rings. The fourth-order valence-corrected chi connectivity index (χ4v) is 2.97. The summed E-state index contributed by atoms with van der Waals surface area (Å²) < 4.78 is 0. The Morgan fingerprint density at radius 1 is 1.17 bits per heavy atom. The van der Waals surface area contributed by atoms with Gasteiger partial charge in [0.1, 0.15) is 0 Å². The Morgan fingerprint density at radius 2 is 1.88 bits per heavy atom. The third-order valence-corrected chi connectivity index (χ3v) is 4.30. The highest BCUT2D eigenvalue weighted by Crippen LogP contribution is 2.25. The third-order valence-electron chi connectivity index (χ3n) is 3.55. The minimum Gasteiger partial charge on any atom is -0.302 e. The predicted octanol–water partition coefficient (Wildman–Crippen LogP) is 4.17. The largest absolute Gasteiger partial charge is 0.302 e. The molecular weight excluding hydrogens is 318 g/mol. The Bertz CT molecular complexity index is 890. The number of rotatable bonds is 4. The molecule has 0 aliphatic heterocycles. The summed E-state index contributed by atoms with van der Waals surface area (Å²) in [5, 5.41) is 14.1. The Labute approximate surface area is 144 Å². The number of carbonyl (C=O) groups excluding carboxylic acids is 1. The Hall–Kier alpha value is -2.97. The number of benzene rings is 2. The highest BCUT2D eigenvalue weighted by molar-refractivity contribution is 7.14. The molecule has 1 aromatic heterocycles. The molecule has 5 heteroatoms. The molecule has 0 aliphatic carbocycles. The van der Waals surface area contributed by atoms with Crippen LogP contribution in [-0.4, -0.2) is 10.9 Å². The number of nitrogens with zero attached hydrogens (tertiary/aromatic N) is 2. The van der Waals surface area contributed by atoms with E-state index in [-0.39, 0.29) is 5.91 Å². The van der Waals surface area contributed by atoms with Crippen LogP contribution in [0, 0.1) is 18.3 Å². The maximum atomic E-state index is 12.1. The zero-order valence-electron chi connectivity index (χ0n) is 13.1. The van der Waals surface area contributed by atoms with E-state index in [0.29, 0.717) is 17.1 Å². The summed E-state index contributed by atoms with van der Waals surface area (Å²) in [5.41, 5.74) is 4.47. The second-order valence-electron chi connectivity index (χ2n) is 5.44. The van der Waals surface area contributed by atoms with Gasteiger partial charge in [-0.15, -0.1) is 11.3 Å². The molecule has 1 N–H and O–H groups in total. The van der Waals surface area contributed by atoms with Crippen LogP contribution in [0.25, 0.3) is 11.3 Å². The molecule has 0 bridgehead atoms. The van der Waals surface area contributed by atoms with Crippen molar-refractivity contribution in [2.24, 2.45) is 0 Å². The molecule has 0 atom stereocenters. The topological polar surface area (TPSA) is 65.8 Å². The first-order valence-electron chi connectivity index (χ1n) is 7.45. The Morgan fingerprint density at radius 3 is 2.54 bits per heavy atom. The van der Waals surface area contributed by atoms with Gasteiger partial charge in [0.25, 0.3) is 0 Å². The van der Waals surface area contributed by atoms with E-state index < -0.39 is 0 Å². The number of carbonyl (C=O) groups is 1. The SMILES string of the molecule is Cc1ccc(CC(=O)Nc2nc(-c3ccc(C#N)cc3)cs2)cc1. The molecule has 0 aliphatic rings. The van der Waals surface area contributed by atoms with Gasteiger partial charge in [-0.3, -0.25) is 4.79 Å². The van der Waals surface area contributed by atoms with Crippen molar-refractivity contribution >= 4 is 22.4 Å². The smallest absolute Gasteiger partial charge is 0.230 e. The first-order chi connectivity index (χ1) is 11.6. The van der Waals surface area contributed by atoms with Crippen LogP contribution in [0.1, 0.15) is 16.7 Å². The molecule has 24 heavy (non-hydrogen) atoms. The van der Waals surface area contributed by atoms with E-state index in [9.17, 15) is 4.79 Å². The first-order valence-corrected chi connectivity index (χ1v) is 8.33. The average Bonchev–Trinajstić information content (AvgIpc) is 3.05. The lowest BCUT2D eigenvalue weighted by atomic mass is 10.1. The van der Waals surface area contributed by atoms with Crippen molar-refractivity contribution in [1.82, 2.24) is 4.98 Å². The quantitative estimate of drug-likeness (QED) is 0.779. The molecule has 0 saturated heterocycles. The van der Waals surface area contributed by atoms with E-state index in [2.05, 4.69) is 16.4 Å². The number of nitrogens with one attached hydrogen (secondary N) is 1. The summed E-state index contributed by atoms with van der Waals surface area (Å²) in [7, 11) is 0. The number of aryl methyl sites for hydroxylation is 1. The molecule has 0 spiro atoms. The van der Waals surface area contributed by atoms with E-state index in [4.69, 9.17) is 5.26 Å². The van der Waals surface area contributed by atoms with E-state index >= 15 is 0 Å². The summed E-state index contributed by atoms with van der Waals surface area (Å²) >= 11 is 1.39. The molecular formula is C19H15N3OS. The van der Waals surface area contributed by atoms with Crippen LogP contribution in [0.15, 0.2) is 53.9 Å². The monoisotopic (exact) mass is 333 g/mol. The van der Waals surface area contributed by atoms with E-state index in [1.807, 2.05) is 48.7 Å². The number of hydrogen-bond acceptors (Lipinski definition) is 4. The van der Waals surface area contributed by atoms with Gasteiger partial charge < -0.3 is 5.32 Å². The second kappa shape index (κ2) is 7.07. The van der Waals surface area contributed by atoms with Crippen LogP contribution in [0.2, 0.25) is 0 Å². The number of hydrogen-bond donors (Lipinski definition) is 1. The van der Waals surface area contributed by atoms with Gasteiger partial charge in [-0.2, -0.15) is 5.26 Å². The van der Waals surface area contributed by atoms with Crippen LogP contribution in [0.3, 0.4) is 0 Å². The molecule has 0 unspecified atom stereocenters. The maximum absolute atomic E-state index is 12.1. The normalized spacial score (nSPS) is 10.2. The Balaban J connectivity index is 1.65. The number of nitriles is 1. The molecule has 1 heterocycles. The molecule has 2 aromatic carbocycles. The van der Waals surface area contributed by atoms with E-state index in [1.54, 1.807) is 12.1 Å². The standard InChI is InChI=1S/C19H15N3OS/c1-13-2-4-14(5-3-13)10-18(23)22-19-21-17(12-24-19)16-8-6-15(11-20)7-9-16/h2-9,12H,10H2,1H3,(H,21,22,23). The van der Waals surface area contributed by atoms with Crippen LogP contribution in [-0.2, 0) is 11.2 Å². The second-order valence-corrected chi connectivity index (χ2v) is 6.30. The number of anilines is 1. The van der Waals surface area contributed by atoms with Gasteiger partial charge >= 0.3 is 0 Å². The van der Waals surface area contributed by atoms with Crippen LogP contribution in [0.5, 0.6) is 0 Å². The summed E-state index contributed by atoms with van der Waals surface area (Å²) in [4.78, 5) is 16.6. The maximum Gasteiger partial charge on any atom is 0.230 e. The summed E-state index contributed by atoms with van der Waals surface area (Å²) in [6.45, 7) is 2.02. The number of amides is 1. The molecule has 0 saturated carbocycles. The van der Waals surface area contributed by atoms with Crippen molar-refractivity contribution in [3.05, 3.63) is 70.6 Å². The lowest BCUT2D eigenvalue weighted by Crippen LogP contribution is -2.14. The highest BCUT2D eigenvalue weighted by atomic mass is 32.1.